The van der Waals surface area contributed by atoms with Crippen LogP contribution in [0.15, 0.2) is 82.7 Å². The molecule has 31 heavy (non-hydrogen) atoms. The first kappa shape index (κ1) is 19.1. The van der Waals surface area contributed by atoms with Crippen LogP contribution in [0.25, 0.3) is 10.2 Å². The summed E-state index contributed by atoms with van der Waals surface area (Å²) in [5.74, 6) is -1.12. The molecule has 1 aliphatic rings. The van der Waals surface area contributed by atoms with E-state index in [1.165, 1.54) is 28.6 Å². The number of ketones is 1. The molecular weight excluding hydrogens is 416 g/mol. The molecule has 0 spiro atoms. The molecule has 0 fully saturated rings. The average molecular weight is 432 g/mol. The highest BCUT2D eigenvalue weighted by molar-refractivity contribution is 7.22. The molecule has 0 saturated carbocycles. The van der Waals surface area contributed by atoms with E-state index in [-0.39, 0.29) is 11.3 Å². The second-order valence-corrected chi connectivity index (χ2v) is 7.90. The molecule has 0 aliphatic carbocycles. The molecule has 2 aromatic heterocycles. The van der Waals surface area contributed by atoms with Crippen LogP contribution in [0.1, 0.15) is 22.2 Å². The molecule has 154 valence electrons. The Bertz CT molecular complexity index is 1320. The molecule has 3 heterocycles. The minimum Gasteiger partial charge on any atom is -0.503 e. The predicted molar refractivity (Wildman–Crippen MR) is 116 cm³/mol. The summed E-state index contributed by atoms with van der Waals surface area (Å²) in [6.07, 6.45) is 1.37. The lowest BCUT2D eigenvalue weighted by Gasteiger charge is -2.24. The normalized spacial score (nSPS) is 16.4. The molecule has 1 N–H and O–H groups in total. The number of carbonyl (C=O) groups excluding carboxylic acids is 2. The average Bonchev–Trinajstić information content (AvgIpc) is 3.52. The van der Waals surface area contributed by atoms with Crippen molar-refractivity contribution in [1.82, 2.24) is 4.98 Å². The number of rotatable bonds is 5. The van der Waals surface area contributed by atoms with E-state index in [2.05, 4.69) is 4.98 Å². The Morgan fingerprint density at radius 2 is 1.97 bits per heavy atom. The summed E-state index contributed by atoms with van der Waals surface area (Å²) in [7, 11) is 1.58. The number of aromatic nitrogens is 1. The highest BCUT2D eigenvalue weighted by Gasteiger charge is 2.46. The summed E-state index contributed by atoms with van der Waals surface area (Å²) >= 11 is 1.28. The summed E-state index contributed by atoms with van der Waals surface area (Å²) in [6, 6.07) is 16.7. The molecular formula is C23H16N2O5S. The van der Waals surface area contributed by atoms with Crippen molar-refractivity contribution in [3.05, 3.63) is 89.6 Å². The van der Waals surface area contributed by atoms with Gasteiger partial charge in [-0.3, -0.25) is 14.5 Å². The number of aliphatic hydroxyl groups excluding tert-OH is 1. The van der Waals surface area contributed by atoms with Crippen molar-refractivity contribution in [3.8, 4) is 5.75 Å². The zero-order chi connectivity index (χ0) is 21.5. The molecule has 0 unspecified atom stereocenters. The van der Waals surface area contributed by atoms with Crippen molar-refractivity contribution in [3.63, 3.8) is 0 Å². The van der Waals surface area contributed by atoms with Crippen LogP contribution in [0.2, 0.25) is 0 Å². The maximum absolute atomic E-state index is 13.2. The molecule has 0 saturated heterocycles. The van der Waals surface area contributed by atoms with Gasteiger partial charge in [0.05, 0.1) is 35.2 Å². The van der Waals surface area contributed by atoms with Gasteiger partial charge in [-0.1, -0.05) is 41.7 Å². The quantitative estimate of drug-likeness (QED) is 0.460. The van der Waals surface area contributed by atoms with E-state index in [0.29, 0.717) is 22.0 Å². The highest BCUT2D eigenvalue weighted by atomic mass is 32.1. The van der Waals surface area contributed by atoms with Gasteiger partial charge in [0.2, 0.25) is 5.78 Å². The van der Waals surface area contributed by atoms with E-state index in [1.54, 1.807) is 37.4 Å². The number of methoxy groups -OCH3 is 1. The Balaban J connectivity index is 1.66. The second-order valence-electron chi connectivity index (χ2n) is 6.89. The maximum Gasteiger partial charge on any atom is 0.296 e. The number of amides is 1. The van der Waals surface area contributed by atoms with Crippen LogP contribution in [0.4, 0.5) is 5.13 Å². The summed E-state index contributed by atoms with van der Waals surface area (Å²) < 4.78 is 11.3. The lowest BCUT2D eigenvalue weighted by molar-refractivity contribution is -0.117. The van der Waals surface area contributed by atoms with Gasteiger partial charge >= 0.3 is 0 Å². The molecule has 2 aromatic carbocycles. The monoisotopic (exact) mass is 432 g/mol. The van der Waals surface area contributed by atoms with Crippen LogP contribution < -0.4 is 9.64 Å². The maximum atomic E-state index is 13.2. The Hall–Kier alpha value is -3.91. The number of Topliss-reactive ketones (excluding diaryl/α,β-unsaturated/α-hetero) is 1. The molecule has 1 amide bonds. The summed E-state index contributed by atoms with van der Waals surface area (Å²) in [5.41, 5.74) is 1.32. The number of hydrogen-bond donors (Lipinski definition) is 1. The van der Waals surface area contributed by atoms with Gasteiger partial charge < -0.3 is 14.3 Å². The molecule has 0 bridgehead atoms. The Morgan fingerprint density at radius 3 is 2.68 bits per heavy atom. The number of anilines is 1. The van der Waals surface area contributed by atoms with Crippen LogP contribution in [-0.4, -0.2) is 28.9 Å². The lowest BCUT2D eigenvalue weighted by atomic mass is 9.95. The van der Waals surface area contributed by atoms with Crippen molar-refractivity contribution >= 4 is 38.4 Å². The number of benzene rings is 2. The minimum atomic E-state index is -0.839. The molecule has 0 radical (unpaired) electrons. The van der Waals surface area contributed by atoms with Gasteiger partial charge in [0.15, 0.2) is 16.7 Å². The zero-order valence-electron chi connectivity index (χ0n) is 16.3. The molecule has 4 aromatic rings. The Kier molecular flexibility index (Phi) is 4.56. The zero-order valence-corrected chi connectivity index (χ0v) is 17.1. The van der Waals surface area contributed by atoms with Crippen LogP contribution >= 0.6 is 11.3 Å². The van der Waals surface area contributed by atoms with Crippen molar-refractivity contribution in [2.45, 2.75) is 6.04 Å². The van der Waals surface area contributed by atoms with Gasteiger partial charge in [0, 0.05) is 0 Å². The van der Waals surface area contributed by atoms with Gasteiger partial charge in [-0.2, -0.15) is 0 Å². The standard InChI is InChI=1S/C23H16N2O5S/c1-29-14-9-10-15-17(12-14)31-23(24-15)25-19(13-6-3-2-4-7-13)18(21(27)22(25)28)20(26)16-8-5-11-30-16/h2-12,19,27H,1H3/t19-/m0/s1. The first-order valence-electron chi connectivity index (χ1n) is 9.43. The van der Waals surface area contributed by atoms with Gasteiger partial charge in [0.25, 0.3) is 5.91 Å². The number of carbonyl (C=O) groups is 2. The summed E-state index contributed by atoms with van der Waals surface area (Å²) in [4.78, 5) is 32.2. The highest BCUT2D eigenvalue weighted by Crippen LogP contribution is 2.44. The molecule has 7 nitrogen and oxygen atoms in total. The molecule has 1 aliphatic heterocycles. The number of furan rings is 1. The summed E-state index contributed by atoms with van der Waals surface area (Å²) in [6.45, 7) is 0. The second kappa shape index (κ2) is 7.41. The van der Waals surface area contributed by atoms with E-state index in [0.717, 1.165) is 4.70 Å². The number of aliphatic hydroxyl groups is 1. The minimum absolute atomic E-state index is 0.0389. The first-order chi connectivity index (χ1) is 15.1. The Morgan fingerprint density at radius 1 is 1.16 bits per heavy atom. The van der Waals surface area contributed by atoms with Gasteiger partial charge in [0.1, 0.15) is 5.75 Å². The fourth-order valence-electron chi connectivity index (χ4n) is 3.65. The summed E-state index contributed by atoms with van der Waals surface area (Å²) in [5, 5.41) is 11.1. The van der Waals surface area contributed by atoms with E-state index in [9.17, 15) is 14.7 Å². The lowest BCUT2D eigenvalue weighted by Crippen LogP contribution is -2.30. The van der Waals surface area contributed by atoms with E-state index in [4.69, 9.17) is 9.15 Å². The largest absolute Gasteiger partial charge is 0.503 e. The van der Waals surface area contributed by atoms with Crippen LogP contribution in [0, 0.1) is 0 Å². The number of thiazole rings is 1. The fraction of sp³-hybridized carbons (Fsp3) is 0.0870. The van der Waals surface area contributed by atoms with E-state index in [1.807, 2.05) is 24.3 Å². The van der Waals surface area contributed by atoms with Crippen molar-refractivity contribution in [2.75, 3.05) is 12.0 Å². The van der Waals surface area contributed by atoms with Crippen molar-refractivity contribution in [1.29, 1.82) is 0 Å². The smallest absolute Gasteiger partial charge is 0.296 e. The van der Waals surface area contributed by atoms with Crippen LogP contribution in [0.3, 0.4) is 0 Å². The third kappa shape index (κ3) is 3.08. The van der Waals surface area contributed by atoms with E-state index >= 15 is 0 Å². The van der Waals surface area contributed by atoms with Gasteiger partial charge in [-0.05, 0) is 35.9 Å². The number of fused-ring (bicyclic) bond motifs is 1. The number of hydrogen-bond acceptors (Lipinski definition) is 7. The van der Waals surface area contributed by atoms with Crippen molar-refractivity contribution < 1.29 is 23.8 Å². The molecule has 8 heteroatoms. The van der Waals surface area contributed by atoms with Crippen LogP contribution in [0.5, 0.6) is 5.75 Å². The van der Waals surface area contributed by atoms with Gasteiger partial charge in [-0.25, -0.2) is 4.98 Å². The SMILES string of the molecule is COc1ccc2nc(N3C(=O)C(O)=C(C(=O)c4ccco4)[C@@H]3c3ccccc3)sc2c1. The van der Waals surface area contributed by atoms with E-state index < -0.39 is 23.5 Å². The Labute approximate surface area is 180 Å². The first-order valence-corrected chi connectivity index (χ1v) is 10.2. The molecule has 5 rings (SSSR count). The molecule has 1 atom stereocenters. The third-order valence-corrected chi connectivity index (χ3v) is 6.12. The van der Waals surface area contributed by atoms with Gasteiger partial charge in [-0.15, -0.1) is 0 Å². The third-order valence-electron chi connectivity index (χ3n) is 5.10. The predicted octanol–water partition coefficient (Wildman–Crippen LogP) is 4.68. The fourth-order valence-corrected chi connectivity index (χ4v) is 4.67. The van der Waals surface area contributed by atoms with Crippen molar-refractivity contribution in [2.24, 2.45) is 0 Å². The van der Waals surface area contributed by atoms with Crippen LogP contribution in [-0.2, 0) is 4.79 Å². The number of ether oxygens (including phenoxy) is 1. The number of nitrogens with zero attached hydrogens (tertiary/aromatic N) is 2. The topological polar surface area (TPSA) is 92.9 Å².